The molecular formula is C16H14ClIO. The fourth-order valence-electron chi connectivity index (χ4n) is 2.02. The third-order valence-electron chi connectivity index (χ3n) is 3.26. The molecular weight excluding hydrogens is 371 g/mol. The van der Waals surface area contributed by atoms with E-state index in [9.17, 15) is 4.79 Å². The van der Waals surface area contributed by atoms with Crippen molar-refractivity contribution < 1.29 is 4.79 Å². The number of carbonyl (C=O) groups is 1. The Morgan fingerprint density at radius 3 is 2.26 bits per heavy atom. The van der Waals surface area contributed by atoms with Crippen molar-refractivity contribution in [2.24, 2.45) is 0 Å². The second kappa shape index (κ2) is 5.63. The maximum absolute atomic E-state index is 12.6. The molecule has 0 spiro atoms. The van der Waals surface area contributed by atoms with Gasteiger partial charge >= 0.3 is 0 Å². The van der Waals surface area contributed by atoms with Crippen LogP contribution in [-0.2, 0) is 0 Å². The van der Waals surface area contributed by atoms with Gasteiger partial charge in [0, 0.05) is 19.7 Å². The molecule has 0 heterocycles. The normalized spacial score (nSPS) is 10.6. The van der Waals surface area contributed by atoms with E-state index in [-0.39, 0.29) is 5.78 Å². The summed E-state index contributed by atoms with van der Waals surface area (Å²) in [4.78, 5) is 12.6. The third-order valence-corrected chi connectivity index (χ3v) is 4.43. The highest BCUT2D eigenvalue weighted by molar-refractivity contribution is 14.1. The highest BCUT2D eigenvalue weighted by Crippen LogP contribution is 2.24. The fraction of sp³-hybridized carbons (Fsp3) is 0.188. The molecule has 0 aromatic heterocycles. The summed E-state index contributed by atoms with van der Waals surface area (Å²) in [5, 5.41) is 0.588. The second-order valence-electron chi connectivity index (χ2n) is 4.70. The van der Waals surface area contributed by atoms with Gasteiger partial charge in [-0.3, -0.25) is 4.79 Å². The molecule has 19 heavy (non-hydrogen) atoms. The van der Waals surface area contributed by atoms with E-state index in [0.29, 0.717) is 10.6 Å². The van der Waals surface area contributed by atoms with Crippen molar-refractivity contribution >= 4 is 40.0 Å². The average molecular weight is 385 g/mol. The van der Waals surface area contributed by atoms with E-state index in [1.54, 1.807) is 12.1 Å². The van der Waals surface area contributed by atoms with E-state index in [1.165, 1.54) is 5.56 Å². The summed E-state index contributed by atoms with van der Waals surface area (Å²) in [5.41, 5.74) is 4.76. The molecule has 3 heteroatoms. The topological polar surface area (TPSA) is 17.1 Å². The van der Waals surface area contributed by atoms with Gasteiger partial charge in [-0.05, 0) is 84.3 Å². The van der Waals surface area contributed by atoms with Gasteiger partial charge in [-0.25, -0.2) is 0 Å². The van der Waals surface area contributed by atoms with E-state index < -0.39 is 0 Å². The number of benzene rings is 2. The lowest BCUT2D eigenvalue weighted by Gasteiger charge is -2.10. The Morgan fingerprint density at radius 1 is 0.947 bits per heavy atom. The summed E-state index contributed by atoms with van der Waals surface area (Å²) in [6.07, 6.45) is 0. The first kappa shape index (κ1) is 14.5. The highest BCUT2D eigenvalue weighted by atomic mass is 127. The van der Waals surface area contributed by atoms with Gasteiger partial charge in [-0.15, -0.1) is 0 Å². The van der Waals surface area contributed by atoms with E-state index in [0.717, 1.165) is 20.3 Å². The molecule has 0 aliphatic rings. The van der Waals surface area contributed by atoms with Crippen LogP contribution < -0.4 is 0 Å². The molecule has 2 aromatic carbocycles. The maximum atomic E-state index is 12.6. The lowest BCUT2D eigenvalue weighted by Crippen LogP contribution is -2.07. The minimum Gasteiger partial charge on any atom is -0.289 e. The van der Waals surface area contributed by atoms with E-state index >= 15 is 0 Å². The zero-order valence-electron chi connectivity index (χ0n) is 11.1. The van der Waals surface area contributed by atoms with Gasteiger partial charge in [0.15, 0.2) is 5.78 Å². The zero-order valence-corrected chi connectivity index (χ0v) is 14.0. The van der Waals surface area contributed by atoms with Crippen molar-refractivity contribution in [1.29, 1.82) is 0 Å². The Hall–Kier alpha value is -0.870. The van der Waals surface area contributed by atoms with Gasteiger partial charge in [0.05, 0.1) is 0 Å². The first-order valence-electron chi connectivity index (χ1n) is 5.97. The SMILES string of the molecule is Cc1cc(C)c(C(=O)c2cc(Cl)ccc2I)cc1C. The molecule has 2 rings (SSSR count). The van der Waals surface area contributed by atoms with Crippen LogP contribution in [0.2, 0.25) is 5.02 Å². The van der Waals surface area contributed by atoms with Crippen molar-refractivity contribution in [2.45, 2.75) is 20.8 Å². The molecule has 0 atom stereocenters. The first-order chi connectivity index (χ1) is 8.90. The monoisotopic (exact) mass is 384 g/mol. The summed E-state index contributed by atoms with van der Waals surface area (Å²) >= 11 is 8.16. The number of halogens is 2. The van der Waals surface area contributed by atoms with Gasteiger partial charge in [-0.1, -0.05) is 17.7 Å². The average Bonchev–Trinajstić information content (AvgIpc) is 2.36. The molecule has 0 saturated carbocycles. The van der Waals surface area contributed by atoms with Crippen LogP contribution in [-0.4, -0.2) is 5.78 Å². The number of aryl methyl sites for hydroxylation is 3. The Balaban J connectivity index is 2.56. The molecule has 0 radical (unpaired) electrons. The van der Waals surface area contributed by atoms with E-state index in [2.05, 4.69) is 35.6 Å². The molecule has 1 nitrogen and oxygen atoms in total. The molecule has 0 bridgehead atoms. The van der Waals surface area contributed by atoms with Crippen LogP contribution >= 0.6 is 34.2 Å². The number of carbonyl (C=O) groups excluding carboxylic acids is 1. The number of hydrogen-bond acceptors (Lipinski definition) is 1. The number of rotatable bonds is 2. The van der Waals surface area contributed by atoms with Gasteiger partial charge in [0.2, 0.25) is 0 Å². The fourth-order valence-corrected chi connectivity index (χ4v) is 2.77. The van der Waals surface area contributed by atoms with E-state index in [1.807, 2.05) is 26.0 Å². The molecule has 0 N–H and O–H groups in total. The van der Waals surface area contributed by atoms with Crippen LogP contribution in [0.4, 0.5) is 0 Å². The molecule has 0 aliphatic carbocycles. The summed E-state index contributed by atoms with van der Waals surface area (Å²) in [5.74, 6) is 0.0347. The van der Waals surface area contributed by atoms with Crippen LogP contribution in [0, 0.1) is 24.3 Å². The van der Waals surface area contributed by atoms with Crippen molar-refractivity contribution in [3.8, 4) is 0 Å². The van der Waals surface area contributed by atoms with Crippen LogP contribution in [0.3, 0.4) is 0 Å². The van der Waals surface area contributed by atoms with Gasteiger partial charge in [0.25, 0.3) is 0 Å². The molecule has 0 amide bonds. The Bertz CT molecular complexity index is 662. The standard InChI is InChI=1S/C16H14ClIO/c1-9-6-11(3)13(7-10(9)2)16(19)14-8-12(17)4-5-15(14)18/h4-8H,1-3H3. The molecule has 0 aliphatic heterocycles. The summed E-state index contributed by atoms with van der Waals surface area (Å²) in [6.45, 7) is 6.05. The first-order valence-corrected chi connectivity index (χ1v) is 7.43. The lowest BCUT2D eigenvalue weighted by molar-refractivity contribution is 0.103. The zero-order chi connectivity index (χ0) is 14.2. The summed E-state index contributed by atoms with van der Waals surface area (Å²) < 4.78 is 0.921. The largest absolute Gasteiger partial charge is 0.289 e. The van der Waals surface area contributed by atoms with Crippen LogP contribution in [0.5, 0.6) is 0 Å². The van der Waals surface area contributed by atoms with Gasteiger partial charge < -0.3 is 0 Å². The lowest BCUT2D eigenvalue weighted by atomic mass is 9.95. The minimum absolute atomic E-state index is 0.0347. The van der Waals surface area contributed by atoms with E-state index in [4.69, 9.17) is 11.6 Å². The van der Waals surface area contributed by atoms with Crippen LogP contribution in [0.25, 0.3) is 0 Å². The predicted molar refractivity (Wildman–Crippen MR) is 88.3 cm³/mol. The van der Waals surface area contributed by atoms with Crippen LogP contribution in [0.1, 0.15) is 32.6 Å². The van der Waals surface area contributed by atoms with Crippen molar-refractivity contribution in [3.05, 3.63) is 66.7 Å². The number of ketones is 1. The van der Waals surface area contributed by atoms with Gasteiger partial charge in [-0.2, -0.15) is 0 Å². The molecule has 0 saturated heterocycles. The van der Waals surface area contributed by atoms with Crippen molar-refractivity contribution in [1.82, 2.24) is 0 Å². The Morgan fingerprint density at radius 2 is 1.58 bits per heavy atom. The Kier molecular flexibility index (Phi) is 4.31. The van der Waals surface area contributed by atoms with Crippen molar-refractivity contribution in [2.75, 3.05) is 0 Å². The second-order valence-corrected chi connectivity index (χ2v) is 6.30. The minimum atomic E-state index is 0.0347. The Labute approximate surface area is 132 Å². The quantitative estimate of drug-likeness (QED) is 0.520. The van der Waals surface area contributed by atoms with Crippen LogP contribution in [0.15, 0.2) is 30.3 Å². The molecule has 0 fully saturated rings. The van der Waals surface area contributed by atoms with Crippen molar-refractivity contribution in [3.63, 3.8) is 0 Å². The highest BCUT2D eigenvalue weighted by Gasteiger charge is 2.16. The smallest absolute Gasteiger partial charge is 0.194 e. The summed E-state index contributed by atoms with van der Waals surface area (Å²) in [7, 11) is 0. The summed E-state index contributed by atoms with van der Waals surface area (Å²) in [6, 6.07) is 9.42. The third kappa shape index (κ3) is 3.00. The molecule has 0 unspecified atom stereocenters. The molecule has 98 valence electrons. The maximum Gasteiger partial charge on any atom is 0.194 e. The predicted octanol–water partition coefficient (Wildman–Crippen LogP) is 5.10. The number of hydrogen-bond donors (Lipinski definition) is 0. The van der Waals surface area contributed by atoms with Gasteiger partial charge in [0.1, 0.15) is 0 Å². The molecule has 2 aromatic rings.